The van der Waals surface area contributed by atoms with E-state index in [1.54, 1.807) is 30.3 Å². The Bertz CT molecular complexity index is 820. The van der Waals surface area contributed by atoms with Gasteiger partial charge in [0.1, 0.15) is 19.8 Å². The van der Waals surface area contributed by atoms with E-state index in [0.717, 1.165) is 5.56 Å². The molecule has 2 aromatic carbocycles. The van der Waals surface area contributed by atoms with Gasteiger partial charge in [0, 0.05) is 30.4 Å². The monoisotopic (exact) mass is 369 g/mol. The van der Waals surface area contributed by atoms with Gasteiger partial charge in [0.2, 0.25) is 5.91 Å². The summed E-state index contributed by atoms with van der Waals surface area (Å²) in [5.74, 6) is 0.784. The molecule has 0 saturated carbocycles. The molecule has 27 heavy (non-hydrogen) atoms. The summed E-state index contributed by atoms with van der Waals surface area (Å²) >= 11 is 0. The van der Waals surface area contributed by atoms with Crippen LogP contribution in [0.4, 0.5) is 5.69 Å². The van der Waals surface area contributed by atoms with Crippen LogP contribution < -0.4 is 20.5 Å². The summed E-state index contributed by atoms with van der Waals surface area (Å²) in [5.41, 5.74) is 7.65. The molecule has 7 nitrogen and oxygen atoms in total. The third-order valence-electron chi connectivity index (χ3n) is 4.27. The lowest BCUT2D eigenvalue weighted by atomic mass is 10.1. The second kappa shape index (κ2) is 8.55. The van der Waals surface area contributed by atoms with E-state index >= 15 is 0 Å². The Morgan fingerprint density at radius 1 is 1.07 bits per heavy atom. The van der Waals surface area contributed by atoms with Crippen molar-refractivity contribution in [2.45, 2.75) is 13.5 Å². The van der Waals surface area contributed by atoms with E-state index in [1.165, 1.54) is 4.90 Å². The van der Waals surface area contributed by atoms with E-state index in [-0.39, 0.29) is 18.4 Å². The van der Waals surface area contributed by atoms with Crippen molar-refractivity contribution >= 4 is 17.5 Å². The Balaban J connectivity index is 1.63. The molecule has 0 aliphatic carbocycles. The molecule has 0 atom stereocenters. The largest absolute Gasteiger partial charge is 0.486 e. The molecule has 1 aliphatic rings. The van der Waals surface area contributed by atoms with Gasteiger partial charge in [-0.05, 0) is 36.8 Å². The molecule has 1 aliphatic heterocycles. The molecule has 0 aromatic heterocycles. The number of rotatable bonds is 6. The first-order valence-corrected chi connectivity index (χ1v) is 8.88. The van der Waals surface area contributed by atoms with Gasteiger partial charge < -0.3 is 25.4 Å². The molecular formula is C20H23N3O4. The summed E-state index contributed by atoms with van der Waals surface area (Å²) in [5, 5.41) is 2.80. The number of carbonyl (C=O) groups excluding carboxylic acids is 2. The fraction of sp³-hybridized carbons (Fsp3) is 0.300. The first-order chi connectivity index (χ1) is 13.1. The zero-order valence-electron chi connectivity index (χ0n) is 15.2. The minimum absolute atomic E-state index is 0.0393. The molecular weight excluding hydrogens is 346 g/mol. The fourth-order valence-electron chi connectivity index (χ4n) is 2.79. The summed E-state index contributed by atoms with van der Waals surface area (Å²) < 4.78 is 11.0. The highest BCUT2D eigenvalue weighted by molar-refractivity contribution is 5.99. The minimum Gasteiger partial charge on any atom is -0.486 e. The van der Waals surface area contributed by atoms with Crippen molar-refractivity contribution in [3.63, 3.8) is 0 Å². The Labute approximate surface area is 158 Å². The Morgan fingerprint density at radius 3 is 2.44 bits per heavy atom. The minimum atomic E-state index is -0.277. The molecule has 3 N–H and O–H groups in total. The number of hydrogen-bond donors (Lipinski definition) is 2. The van der Waals surface area contributed by atoms with Crippen molar-refractivity contribution in [1.29, 1.82) is 0 Å². The number of benzene rings is 2. The van der Waals surface area contributed by atoms with Crippen molar-refractivity contribution in [1.82, 2.24) is 4.90 Å². The number of nitrogens with one attached hydrogen (secondary N) is 1. The smallest absolute Gasteiger partial charge is 0.254 e. The summed E-state index contributed by atoms with van der Waals surface area (Å²) in [6, 6.07) is 12.3. The number of fused-ring (bicyclic) bond motifs is 1. The number of anilines is 1. The van der Waals surface area contributed by atoms with E-state index in [0.29, 0.717) is 49.1 Å². The van der Waals surface area contributed by atoms with Gasteiger partial charge in [-0.2, -0.15) is 0 Å². The number of nitrogens with zero attached hydrogens (tertiary/aromatic N) is 1. The molecule has 2 aromatic rings. The van der Waals surface area contributed by atoms with Gasteiger partial charge in [0.25, 0.3) is 5.91 Å². The molecule has 2 amide bonds. The Kier molecular flexibility index (Phi) is 5.93. The number of ether oxygens (including phenoxy) is 2. The second-order valence-electron chi connectivity index (χ2n) is 6.13. The van der Waals surface area contributed by atoms with Gasteiger partial charge in [0.15, 0.2) is 11.5 Å². The van der Waals surface area contributed by atoms with Crippen LogP contribution in [0.2, 0.25) is 0 Å². The number of hydrogen-bond acceptors (Lipinski definition) is 5. The third kappa shape index (κ3) is 4.57. The van der Waals surface area contributed by atoms with Crippen molar-refractivity contribution < 1.29 is 19.1 Å². The van der Waals surface area contributed by atoms with Gasteiger partial charge in [-0.1, -0.05) is 12.1 Å². The quantitative estimate of drug-likeness (QED) is 0.812. The van der Waals surface area contributed by atoms with E-state index in [9.17, 15) is 9.59 Å². The predicted octanol–water partition coefficient (Wildman–Crippen LogP) is 2.02. The lowest BCUT2D eigenvalue weighted by molar-refractivity contribution is -0.116. The molecule has 0 radical (unpaired) electrons. The Morgan fingerprint density at radius 2 is 1.78 bits per heavy atom. The van der Waals surface area contributed by atoms with Gasteiger partial charge in [-0.3, -0.25) is 9.59 Å². The summed E-state index contributed by atoms with van der Waals surface area (Å²) in [6.07, 6.45) is 0. The maximum absolute atomic E-state index is 12.6. The lowest BCUT2D eigenvalue weighted by Gasteiger charge is -2.21. The zero-order valence-corrected chi connectivity index (χ0v) is 15.2. The summed E-state index contributed by atoms with van der Waals surface area (Å²) in [4.78, 5) is 26.5. The van der Waals surface area contributed by atoms with Gasteiger partial charge in [-0.15, -0.1) is 0 Å². The molecule has 0 bridgehead atoms. The second-order valence-corrected chi connectivity index (χ2v) is 6.13. The number of nitrogens with two attached hydrogens (primary N) is 1. The molecule has 0 fully saturated rings. The molecule has 7 heteroatoms. The third-order valence-corrected chi connectivity index (χ3v) is 4.27. The van der Waals surface area contributed by atoms with Crippen LogP contribution >= 0.6 is 0 Å². The first kappa shape index (κ1) is 18.7. The fourth-order valence-corrected chi connectivity index (χ4v) is 2.79. The predicted molar refractivity (Wildman–Crippen MR) is 102 cm³/mol. The van der Waals surface area contributed by atoms with E-state index < -0.39 is 0 Å². The van der Waals surface area contributed by atoms with Crippen molar-refractivity contribution in [3.05, 3.63) is 53.6 Å². The van der Waals surface area contributed by atoms with Crippen molar-refractivity contribution in [3.8, 4) is 11.5 Å². The van der Waals surface area contributed by atoms with Crippen LogP contribution in [0.25, 0.3) is 0 Å². The van der Waals surface area contributed by atoms with Crippen LogP contribution in [0, 0.1) is 0 Å². The highest BCUT2D eigenvalue weighted by atomic mass is 16.6. The van der Waals surface area contributed by atoms with Gasteiger partial charge in [0.05, 0.1) is 0 Å². The van der Waals surface area contributed by atoms with Crippen LogP contribution in [0.5, 0.6) is 11.5 Å². The number of carbonyl (C=O) groups is 2. The number of likely N-dealkylation sites (N-methyl/N-ethyl adjacent to an activating group) is 1. The first-order valence-electron chi connectivity index (χ1n) is 8.88. The van der Waals surface area contributed by atoms with E-state index in [4.69, 9.17) is 15.2 Å². The van der Waals surface area contributed by atoms with Crippen LogP contribution in [0.1, 0.15) is 22.8 Å². The SMILES string of the molecule is CCN(CC(=O)Nc1ccc2c(c1)OCCO2)C(=O)c1ccc(CN)cc1. The maximum Gasteiger partial charge on any atom is 0.254 e. The standard InChI is InChI=1S/C20H23N3O4/c1-2-23(20(25)15-5-3-14(12-21)4-6-15)13-19(24)22-16-7-8-17-18(11-16)27-10-9-26-17/h3-8,11H,2,9-10,12-13,21H2,1H3,(H,22,24). The molecule has 1 heterocycles. The molecule has 0 spiro atoms. The highest BCUT2D eigenvalue weighted by Crippen LogP contribution is 2.32. The highest BCUT2D eigenvalue weighted by Gasteiger charge is 2.18. The van der Waals surface area contributed by atoms with Crippen LogP contribution in [-0.4, -0.2) is 43.0 Å². The topological polar surface area (TPSA) is 93.9 Å². The average Bonchev–Trinajstić information content (AvgIpc) is 2.71. The number of amides is 2. The van der Waals surface area contributed by atoms with Crippen LogP contribution in [0.15, 0.2) is 42.5 Å². The van der Waals surface area contributed by atoms with E-state index in [1.807, 2.05) is 19.1 Å². The summed E-state index contributed by atoms with van der Waals surface area (Å²) in [7, 11) is 0. The van der Waals surface area contributed by atoms with Crippen LogP contribution in [0.3, 0.4) is 0 Å². The van der Waals surface area contributed by atoms with Crippen molar-refractivity contribution in [2.75, 3.05) is 31.6 Å². The summed E-state index contributed by atoms with van der Waals surface area (Å²) in [6.45, 7) is 3.63. The lowest BCUT2D eigenvalue weighted by Crippen LogP contribution is -2.37. The zero-order chi connectivity index (χ0) is 19.2. The normalized spacial score (nSPS) is 12.4. The van der Waals surface area contributed by atoms with E-state index in [2.05, 4.69) is 5.32 Å². The van der Waals surface area contributed by atoms with Gasteiger partial charge >= 0.3 is 0 Å². The molecule has 0 saturated heterocycles. The molecule has 3 rings (SSSR count). The van der Waals surface area contributed by atoms with Crippen LogP contribution in [-0.2, 0) is 11.3 Å². The Hall–Kier alpha value is -3.06. The molecule has 0 unspecified atom stereocenters. The molecule has 142 valence electrons. The van der Waals surface area contributed by atoms with Crippen molar-refractivity contribution in [2.24, 2.45) is 5.73 Å². The maximum atomic E-state index is 12.6. The average molecular weight is 369 g/mol. The van der Waals surface area contributed by atoms with Gasteiger partial charge in [-0.25, -0.2) is 0 Å².